The first kappa shape index (κ1) is 12.8. The topological polar surface area (TPSA) is 66.8 Å². The van der Waals surface area contributed by atoms with Gasteiger partial charge in [0.05, 0.1) is 17.9 Å². The number of nitrogens with zero attached hydrogens (tertiary/aromatic N) is 1. The summed E-state index contributed by atoms with van der Waals surface area (Å²) >= 11 is 0. The van der Waals surface area contributed by atoms with Crippen LogP contribution in [0.5, 0.6) is 0 Å². The number of fused-ring (bicyclic) bond motifs is 1. The molecule has 2 bridgehead atoms. The minimum atomic E-state index is -3.23. The van der Waals surface area contributed by atoms with E-state index in [2.05, 4.69) is 0 Å². The van der Waals surface area contributed by atoms with E-state index in [0.29, 0.717) is 37.3 Å². The maximum Gasteiger partial charge on any atom is 0.214 e. The van der Waals surface area contributed by atoms with Gasteiger partial charge >= 0.3 is 0 Å². The van der Waals surface area contributed by atoms with E-state index >= 15 is 0 Å². The zero-order valence-electron chi connectivity index (χ0n) is 10.7. The molecule has 1 heterocycles. The Labute approximate surface area is 108 Å². The van der Waals surface area contributed by atoms with Gasteiger partial charge in [-0.3, -0.25) is 0 Å². The molecule has 2 saturated carbocycles. The number of methoxy groups -OCH3 is 1. The lowest BCUT2D eigenvalue weighted by Gasteiger charge is -2.28. The van der Waals surface area contributed by atoms with Gasteiger partial charge in [0.25, 0.3) is 0 Å². The number of rotatable bonds is 5. The third-order valence-electron chi connectivity index (χ3n) is 4.91. The van der Waals surface area contributed by atoms with Crippen molar-refractivity contribution in [2.75, 3.05) is 26.0 Å². The second-order valence-electron chi connectivity index (χ2n) is 5.87. The SMILES string of the molecule is COCCCS(=O)(=O)N1CC2CC3CC2C1C3O. The summed E-state index contributed by atoms with van der Waals surface area (Å²) in [6, 6.07) is -0.138. The first-order chi connectivity index (χ1) is 8.54. The van der Waals surface area contributed by atoms with Gasteiger partial charge in [0.15, 0.2) is 0 Å². The Morgan fingerprint density at radius 2 is 2.11 bits per heavy atom. The zero-order valence-corrected chi connectivity index (χ0v) is 11.5. The van der Waals surface area contributed by atoms with E-state index in [1.165, 1.54) is 0 Å². The van der Waals surface area contributed by atoms with Crippen LogP contribution in [0.1, 0.15) is 19.3 Å². The molecule has 6 heteroatoms. The van der Waals surface area contributed by atoms with Gasteiger partial charge in [-0.1, -0.05) is 0 Å². The molecule has 0 aromatic carbocycles. The van der Waals surface area contributed by atoms with Gasteiger partial charge < -0.3 is 9.84 Å². The Hall–Kier alpha value is -0.170. The lowest BCUT2D eigenvalue weighted by Crippen LogP contribution is -2.44. The molecule has 3 aliphatic rings. The second-order valence-corrected chi connectivity index (χ2v) is 7.91. The lowest BCUT2D eigenvalue weighted by molar-refractivity contribution is 0.0730. The Kier molecular flexibility index (Phi) is 3.17. The summed E-state index contributed by atoms with van der Waals surface area (Å²) < 4.78 is 31.1. The highest BCUT2D eigenvalue weighted by Crippen LogP contribution is 2.55. The van der Waals surface area contributed by atoms with Crippen LogP contribution in [-0.4, -0.2) is 56.0 Å². The van der Waals surface area contributed by atoms with Gasteiger partial charge in [-0.15, -0.1) is 0 Å². The smallest absolute Gasteiger partial charge is 0.214 e. The van der Waals surface area contributed by atoms with Gasteiger partial charge in [-0.25, -0.2) is 8.42 Å². The summed E-state index contributed by atoms with van der Waals surface area (Å²) in [5.74, 6) is 1.36. The summed E-state index contributed by atoms with van der Waals surface area (Å²) in [5.41, 5.74) is 0. The van der Waals surface area contributed by atoms with Gasteiger partial charge in [-0.2, -0.15) is 4.31 Å². The summed E-state index contributed by atoms with van der Waals surface area (Å²) in [7, 11) is -1.65. The summed E-state index contributed by atoms with van der Waals surface area (Å²) in [6.45, 7) is 1.09. The van der Waals surface area contributed by atoms with Crippen LogP contribution in [0.2, 0.25) is 0 Å². The van der Waals surface area contributed by atoms with E-state index in [9.17, 15) is 13.5 Å². The van der Waals surface area contributed by atoms with E-state index in [0.717, 1.165) is 12.8 Å². The van der Waals surface area contributed by atoms with Gasteiger partial charge in [0.2, 0.25) is 10.0 Å². The van der Waals surface area contributed by atoms with Crippen molar-refractivity contribution in [3.8, 4) is 0 Å². The van der Waals surface area contributed by atoms with Crippen molar-refractivity contribution in [3.63, 3.8) is 0 Å². The van der Waals surface area contributed by atoms with Crippen LogP contribution in [0.25, 0.3) is 0 Å². The average molecular weight is 275 g/mol. The maximum atomic E-state index is 12.3. The number of hydrogen-bond acceptors (Lipinski definition) is 4. The summed E-state index contributed by atoms with van der Waals surface area (Å²) in [6.07, 6.45) is 2.11. The maximum absolute atomic E-state index is 12.3. The van der Waals surface area contributed by atoms with Crippen molar-refractivity contribution >= 4 is 10.0 Å². The van der Waals surface area contributed by atoms with E-state index in [-0.39, 0.29) is 11.8 Å². The fourth-order valence-corrected chi connectivity index (χ4v) is 5.97. The molecule has 0 aromatic rings. The predicted molar refractivity (Wildman–Crippen MR) is 66.5 cm³/mol. The van der Waals surface area contributed by atoms with Crippen molar-refractivity contribution < 1.29 is 18.3 Å². The Morgan fingerprint density at radius 3 is 2.78 bits per heavy atom. The quantitative estimate of drug-likeness (QED) is 0.720. The molecular formula is C12H21NO4S. The number of sulfonamides is 1. The van der Waals surface area contributed by atoms with Crippen LogP contribution in [0.15, 0.2) is 0 Å². The van der Waals surface area contributed by atoms with E-state index in [4.69, 9.17) is 4.74 Å². The lowest BCUT2D eigenvalue weighted by atomic mass is 9.88. The van der Waals surface area contributed by atoms with Gasteiger partial charge in [-0.05, 0) is 37.0 Å². The van der Waals surface area contributed by atoms with Crippen LogP contribution in [0.4, 0.5) is 0 Å². The van der Waals surface area contributed by atoms with E-state index in [1.807, 2.05) is 0 Å². The van der Waals surface area contributed by atoms with Crippen LogP contribution < -0.4 is 0 Å². The molecule has 2 aliphatic carbocycles. The molecule has 18 heavy (non-hydrogen) atoms. The molecule has 104 valence electrons. The first-order valence-electron chi connectivity index (χ1n) is 6.71. The van der Waals surface area contributed by atoms with Crippen LogP contribution in [0.3, 0.4) is 0 Å². The Morgan fingerprint density at radius 1 is 1.33 bits per heavy atom. The normalized spacial score (nSPS) is 42.9. The van der Waals surface area contributed by atoms with E-state index in [1.54, 1.807) is 11.4 Å². The fourth-order valence-electron chi connectivity index (χ4n) is 4.18. The summed E-state index contributed by atoms with van der Waals surface area (Å²) in [4.78, 5) is 0. The standard InChI is InChI=1S/C12H21NO4S/c1-17-3-2-4-18(15,16)13-7-9-5-8-6-10(9)11(13)12(8)14/h8-12,14H,2-7H2,1H3. The highest BCUT2D eigenvalue weighted by Gasteiger charge is 2.61. The molecule has 1 N–H and O–H groups in total. The van der Waals surface area contributed by atoms with E-state index < -0.39 is 16.1 Å². The monoisotopic (exact) mass is 275 g/mol. The number of aliphatic hydroxyl groups is 1. The Bertz CT molecular complexity index is 422. The number of aliphatic hydroxyl groups excluding tert-OH is 1. The van der Waals surface area contributed by atoms with Gasteiger partial charge in [0, 0.05) is 20.3 Å². The number of ether oxygens (including phenoxy) is 1. The molecule has 0 amide bonds. The minimum Gasteiger partial charge on any atom is -0.391 e. The number of hydrogen-bond donors (Lipinski definition) is 1. The molecule has 3 rings (SSSR count). The highest BCUT2D eigenvalue weighted by molar-refractivity contribution is 7.89. The third-order valence-corrected chi connectivity index (χ3v) is 6.82. The first-order valence-corrected chi connectivity index (χ1v) is 8.32. The molecule has 5 unspecified atom stereocenters. The van der Waals surface area contributed by atoms with Crippen molar-refractivity contribution in [1.82, 2.24) is 4.31 Å². The van der Waals surface area contributed by atoms with Crippen molar-refractivity contribution in [2.45, 2.75) is 31.4 Å². The molecule has 5 atom stereocenters. The largest absolute Gasteiger partial charge is 0.391 e. The van der Waals surface area contributed by atoms with Crippen LogP contribution >= 0.6 is 0 Å². The summed E-state index contributed by atoms with van der Waals surface area (Å²) in [5, 5.41) is 10.2. The van der Waals surface area contributed by atoms with Crippen molar-refractivity contribution in [1.29, 1.82) is 0 Å². The predicted octanol–water partition coefficient (Wildman–Crippen LogP) is 0.0538. The van der Waals surface area contributed by atoms with Crippen molar-refractivity contribution in [2.24, 2.45) is 17.8 Å². The Balaban J connectivity index is 1.74. The average Bonchev–Trinajstić information content (AvgIpc) is 2.89. The van der Waals surface area contributed by atoms with Crippen LogP contribution in [-0.2, 0) is 14.8 Å². The second kappa shape index (κ2) is 4.44. The van der Waals surface area contributed by atoms with Crippen LogP contribution in [0, 0.1) is 17.8 Å². The zero-order chi connectivity index (χ0) is 12.9. The van der Waals surface area contributed by atoms with Gasteiger partial charge in [0.1, 0.15) is 0 Å². The molecule has 1 aliphatic heterocycles. The minimum absolute atomic E-state index is 0.133. The highest BCUT2D eigenvalue weighted by atomic mass is 32.2. The molecule has 5 nitrogen and oxygen atoms in total. The molecule has 0 radical (unpaired) electrons. The molecule has 0 spiro atoms. The molecule has 3 fully saturated rings. The fraction of sp³-hybridized carbons (Fsp3) is 1.00. The molecule has 0 aromatic heterocycles. The molecule has 1 saturated heterocycles. The third kappa shape index (κ3) is 1.81. The molecular weight excluding hydrogens is 254 g/mol. The van der Waals surface area contributed by atoms with Crippen molar-refractivity contribution in [3.05, 3.63) is 0 Å².